The number of nitrogens with two attached hydrogens (primary N) is 1. The summed E-state index contributed by atoms with van der Waals surface area (Å²) in [5.74, 6) is 0. The van der Waals surface area contributed by atoms with E-state index >= 15 is 0 Å². The summed E-state index contributed by atoms with van der Waals surface area (Å²) in [6.45, 7) is 5.35. The first kappa shape index (κ1) is 14.4. The van der Waals surface area contributed by atoms with Crippen molar-refractivity contribution in [3.05, 3.63) is 58.6 Å². The van der Waals surface area contributed by atoms with Gasteiger partial charge in [0.05, 0.1) is 0 Å². The number of hydrogen-bond acceptors (Lipinski definition) is 3. The van der Waals surface area contributed by atoms with Gasteiger partial charge in [0.1, 0.15) is 0 Å². The fourth-order valence-corrected chi connectivity index (χ4v) is 3.19. The standard InChI is InChI=1S/C17H20BrN3/c18-15-3-1-2-14(12-15)13-20-8-10-21(11-9-20)17-6-4-16(19)5-7-17/h1-7,12H,8-11,13,19H2. The average Bonchev–Trinajstić information content (AvgIpc) is 2.49. The smallest absolute Gasteiger partial charge is 0.0368 e. The average molecular weight is 346 g/mol. The van der Waals surface area contributed by atoms with Crippen LogP contribution in [0.15, 0.2) is 53.0 Å². The van der Waals surface area contributed by atoms with E-state index in [0.29, 0.717) is 0 Å². The fourth-order valence-electron chi connectivity index (χ4n) is 2.74. The van der Waals surface area contributed by atoms with E-state index in [1.54, 1.807) is 0 Å². The predicted molar refractivity (Wildman–Crippen MR) is 92.5 cm³/mol. The second-order valence-electron chi connectivity index (χ2n) is 5.48. The first-order valence-corrected chi connectivity index (χ1v) is 8.07. The van der Waals surface area contributed by atoms with Crippen molar-refractivity contribution in [1.82, 2.24) is 4.90 Å². The molecule has 1 fully saturated rings. The maximum Gasteiger partial charge on any atom is 0.0368 e. The number of anilines is 2. The Balaban J connectivity index is 1.56. The molecule has 3 nitrogen and oxygen atoms in total. The lowest BCUT2D eigenvalue weighted by Gasteiger charge is -2.36. The van der Waals surface area contributed by atoms with Crippen LogP contribution in [0.3, 0.4) is 0 Å². The fraction of sp³-hybridized carbons (Fsp3) is 0.294. The van der Waals surface area contributed by atoms with Crippen LogP contribution in [-0.4, -0.2) is 31.1 Å². The Hall–Kier alpha value is -1.52. The third-order valence-electron chi connectivity index (χ3n) is 3.93. The van der Waals surface area contributed by atoms with E-state index in [2.05, 4.69) is 62.1 Å². The largest absolute Gasteiger partial charge is 0.399 e. The first-order chi connectivity index (χ1) is 10.2. The summed E-state index contributed by atoms with van der Waals surface area (Å²) in [5, 5.41) is 0. The molecular weight excluding hydrogens is 326 g/mol. The first-order valence-electron chi connectivity index (χ1n) is 7.28. The molecule has 21 heavy (non-hydrogen) atoms. The molecule has 3 rings (SSSR count). The third kappa shape index (κ3) is 3.77. The number of halogens is 1. The molecule has 2 aromatic rings. The molecule has 0 radical (unpaired) electrons. The molecule has 1 aliphatic rings. The minimum Gasteiger partial charge on any atom is -0.399 e. The zero-order valence-corrected chi connectivity index (χ0v) is 13.6. The van der Waals surface area contributed by atoms with Gasteiger partial charge in [0.25, 0.3) is 0 Å². The van der Waals surface area contributed by atoms with Crippen LogP contribution in [0.5, 0.6) is 0 Å². The second-order valence-corrected chi connectivity index (χ2v) is 6.40. The molecular formula is C17H20BrN3. The highest BCUT2D eigenvalue weighted by atomic mass is 79.9. The maximum atomic E-state index is 5.75. The van der Waals surface area contributed by atoms with Crippen LogP contribution in [0.2, 0.25) is 0 Å². The van der Waals surface area contributed by atoms with Crippen LogP contribution in [0.1, 0.15) is 5.56 Å². The van der Waals surface area contributed by atoms with Crippen molar-refractivity contribution in [3.8, 4) is 0 Å². The molecule has 4 heteroatoms. The minimum atomic E-state index is 0.826. The van der Waals surface area contributed by atoms with E-state index in [1.165, 1.54) is 11.3 Å². The van der Waals surface area contributed by atoms with Crippen molar-refractivity contribution in [2.75, 3.05) is 36.8 Å². The number of piperazine rings is 1. The molecule has 0 bridgehead atoms. The lowest BCUT2D eigenvalue weighted by molar-refractivity contribution is 0.250. The van der Waals surface area contributed by atoms with Crippen LogP contribution in [0.25, 0.3) is 0 Å². The molecule has 1 heterocycles. The van der Waals surface area contributed by atoms with Crippen molar-refractivity contribution >= 4 is 27.3 Å². The lowest BCUT2D eigenvalue weighted by atomic mass is 10.2. The van der Waals surface area contributed by atoms with Gasteiger partial charge in [0.15, 0.2) is 0 Å². The molecule has 0 atom stereocenters. The van der Waals surface area contributed by atoms with Gasteiger partial charge in [0.2, 0.25) is 0 Å². The monoisotopic (exact) mass is 345 g/mol. The Morgan fingerprint density at radius 3 is 2.33 bits per heavy atom. The molecule has 0 aromatic heterocycles. The molecule has 1 saturated heterocycles. The van der Waals surface area contributed by atoms with E-state index in [0.717, 1.165) is 42.9 Å². The molecule has 110 valence electrons. The SMILES string of the molecule is Nc1ccc(N2CCN(Cc3cccc(Br)c3)CC2)cc1. The number of nitrogens with zero attached hydrogens (tertiary/aromatic N) is 2. The molecule has 0 aliphatic carbocycles. The summed E-state index contributed by atoms with van der Waals surface area (Å²) in [4.78, 5) is 4.94. The second kappa shape index (κ2) is 6.50. The number of benzene rings is 2. The highest BCUT2D eigenvalue weighted by molar-refractivity contribution is 9.10. The van der Waals surface area contributed by atoms with Gasteiger partial charge < -0.3 is 10.6 Å². The van der Waals surface area contributed by atoms with E-state index in [1.807, 2.05) is 12.1 Å². The highest BCUT2D eigenvalue weighted by Crippen LogP contribution is 2.19. The van der Waals surface area contributed by atoms with Gasteiger partial charge in [0, 0.05) is 48.6 Å². The van der Waals surface area contributed by atoms with Crippen molar-refractivity contribution in [2.24, 2.45) is 0 Å². The highest BCUT2D eigenvalue weighted by Gasteiger charge is 2.17. The predicted octanol–water partition coefficient (Wildman–Crippen LogP) is 3.35. The van der Waals surface area contributed by atoms with E-state index in [-0.39, 0.29) is 0 Å². The Morgan fingerprint density at radius 1 is 0.952 bits per heavy atom. The number of rotatable bonds is 3. The van der Waals surface area contributed by atoms with Gasteiger partial charge in [-0.3, -0.25) is 4.90 Å². The zero-order valence-electron chi connectivity index (χ0n) is 12.0. The molecule has 2 aromatic carbocycles. The minimum absolute atomic E-state index is 0.826. The number of hydrogen-bond donors (Lipinski definition) is 1. The lowest BCUT2D eigenvalue weighted by Crippen LogP contribution is -2.45. The topological polar surface area (TPSA) is 32.5 Å². The van der Waals surface area contributed by atoms with Crippen LogP contribution in [0, 0.1) is 0 Å². The van der Waals surface area contributed by atoms with Crippen LogP contribution >= 0.6 is 15.9 Å². The van der Waals surface area contributed by atoms with Gasteiger partial charge in [-0.15, -0.1) is 0 Å². The summed E-state index contributed by atoms with van der Waals surface area (Å²) in [5.41, 5.74) is 9.21. The van der Waals surface area contributed by atoms with Crippen LogP contribution in [-0.2, 0) is 6.54 Å². The van der Waals surface area contributed by atoms with Crippen molar-refractivity contribution < 1.29 is 0 Å². The molecule has 2 N–H and O–H groups in total. The third-order valence-corrected chi connectivity index (χ3v) is 4.42. The Kier molecular flexibility index (Phi) is 4.46. The maximum absolute atomic E-state index is 5.75. The molecule has 0 unspecified atom stereocenters. The van der Waals surface area contributed by atoms with Gasteiger partial charge >= 0.3 is 0 Å². The normalized spacial score (nSPS) is 16.1. The van der Waals surface area contributed by atoms with E-state index < -0.39 is 0 Å². The summed E-state index contributed by atoms with van der Waals surface area (Å²) >= 11 is 3.54. The van der Waals surface area contributed by atoms with Crippen molar-refractivity contribution in [2.45, 2.75) is 6.54 Å². The quantitative estimate of drug-likeness (QED) is 0.865. The van der Waals surface area contributed by atoms with Crippen LogP contribution in [0.4, 0.5) is 11.4 Å². The Bertz CT molecular complexity index is 589. The summed E-state index contributed by atoms with van der Waals surface area (Å²) in [6, 6.07) is 16.7. The Morgan fingerprint density at radius 2 is 1.67 bits per heavy atom. The molecule has 0 spiro atoms. The van der Waals surface area contributed by atoms with Crippen molar-refractivity contribution in [1.29, 1.82) is 0 Å². The summed E-state index contributed by atoms with van der Waals surface area (Å²) < 4.78 is 1.15. The van der Waals surface area contributed by atoms with Gasteiger partial charge in [-0.2, -0.15) is 0 Å². The van der Waals surface area contributed by atoms with Gasteiger partial charge in [-0.05, 0) is 42.0 Å². The number of nitrogen functional groups attached to an aromatic ring is 1. The van der Waals surface area contributed by atoms with E-state index in [9.17, 15) is 0 Å². The summed E-state index contributed by atoms with van der Waals surface area (Å²) in [6.07, 6.45) is 0. The van der Waals surface area contributed by atoms with Crippen LogP contribution < -0.4 is 10.6 Å². The van der Waals surface area contributed by atoms with Gasteiger partial charge in [-0.25, -0.2) is 0 Å². The molecule has 1 aliphatic heterocycles. The van der Waals surface area contributed by atoms with Crippen molar-refractivity contribution in [3.63, 3.8) is 0 Å². The summed E-state index contributed by atoms with van der Waals surface area (Å²) in [7, 11) is 0. The molecule has 0 saturated carbocycles. The Labute approximate surface area is 134 Å². The van der Waals surface area contributed by atoms with E-state index in [4.69, 9.17) is 5.73 Å². The zero-order chi connectivity index (χ0) is 14.7. The molecule has 0 amide bonds. The van der Waals surface area contributed by atoms with Gasteiger partial charge in [-0.1, -0.05) is 28.1 Å².